The van der Waals surface area contributed by atoms with Crippen LogP contribution in [0, 0.1) is 0 Å². The molecule has 154 valence electrons. The smallest absolute Gasteiger partial charge is 0.347 e. The van der Waals surface area contributed by atoms with Crippen molar-refractivity contribution >= 4 is 33.6 Å². The van der Waals surface area contributed by atoms with Gasteiger partial charge in [0.25, 0.3) is 0 Å². The molecule has 0 N–H and O–H groups in total. The van der Waals surface area contributed by atoms with Gasteiger partial charge >= 0.3 is 11.9 Å². The first-order valence-electron chi connectivity index (χ1n) is 9.98. The van der Waals surface area contributed by atoms with E-state index < -0.39 is 18.0 Å². The number of para-hydroxylation sites is 1. The quantitative estimate of drug-likeness (QED) is 0.458. The highest BCUT2D eigenvalue weighted by atomic mass is 16.6. The van der Waals surface area contributed by atoms with Gasteiger partial charge in [0, 0.05) is 17.4 Å². The van der Waals surface area contributed by atoms with Crippen LogP contribution in [0.15, 0.2) is 66.7 Å². The monoisotopic (exact) mass is 413 g/mol. The molecule has 0 unspecified atom stereocenters. The summed E-state index contributed by atoms with van der Waals surface area (Å²) >= 11 is 0. The van der Waals surface area contributed by atoms with Crippen molar-refractivity contribution in [2.45, 2.75) is 12.5 Å². The summed E-state index contributed by atoms with van der Waals surface area (Å²) < 4.78 is 15.6. The number of carbonyl (C=O) groups is 2. The maximum absolute atomic E-state index is 13.0. The van der Waals surface area contributed by atoms with Crippen LogP contribution in [0.2, 0.25) is 0 Å². The predicted molar refractivity (Wildman–Crippen MR) is 116 cm³/mol. The van der Waals surface area contributed by atoms with Crippen molar-refractivity contribution in [1.29, 1.82) is 0 Å². The number of pyridine rings is 1. The molecule has 0 spiro atoms. The lowest BCUT2D eigenvalue weighted by atomic mass is 10.0. The van der Waals surface area contributed by atoms with Gasteiger partial charge in [-0.1, -0.05) is 36.4 Å². The van der Waals surface area contributed by atoms with Crippen molar-refractivity contribution in [3.05, 3.63) is 72.3 Å². The van der Waals surface area contributed by atoms with Crippen LogP contribution in [0.4, 0.5) is 0 Å². The molecule has 4 aromatic rings. The Morgan fingerprint density at radius 3 is 2.65 bits per heavy atom. The van der Waals surface area contributed by atoms with Crippen molar-refractivity contribution in [3.63, 3.8) is 0 Å². The summed E-state index contributed by atoms with van der Waals surface area (Å²) in [4.78, 5) is 29.4. The molecule has 1 aliphatic rings. The summed E-state index contributed by atoms with van der Waals surface area (Å²) in [7, 11) is 1.64. The molecule has 2 heterocycles. The molecular formula is C25H19NO5. The van der Waals surface area contributed by atoms with Crippen LogP contribution < -0.4 is 4.74 Å². The third-order valence-corrected chi connectivity index (χ3v) is 5.42. The van der Waals surface area contributed by atoms with Gasteiger partial charge in [-0.25, -0.2) is 14.6 Å². The Balaban J connectivity index is 1.58. The average molecular weight is 413 g/mol. The molecule has 31 heavy (non-hydrogen) atoms. The Labute approximate surface area is 178 Å². The van der Waals surface area contributed by atoms with Crippen LogP contribution >= 0.6 is 0 Å². The van der Waals surface area contributed by atoms with Crippen molar-refractivity contribution in [2.75, 3.05) is 13.7 Å². The second-order valence-electron chi connectivity index (χ2n) is 7.35. The van der Waals surface area contributed by atoms with Gasteiger partial charge in [-0.05, 0) is 41.1 Å². The molecule has 1 aromatic heterocycles. The topological polar surface area (TPSA) is 74.7 Å². The van der Waals surface area contributed by atoms with E-state index in [9.17, 15) is 9.59 Å². The van der Waals surface area contributed by atoms with Crippen LogP contribution in [0.3, 0.4) is 0 Å². The van der Waals surface area contributed by atoms with Gasteiger partial charge in [0.2, 0.25) is 6.10 Å². The van der Waals surface area contributed by atoms with E-state index in [0.29, 0.717) is 28.6 Å². The summed E-state index contributed by atoms with van der Waals surface area (Å²) in [5.74, 6) is -0.273. The highest BCUT2D eigenvalue weighted by Gasteiger charge is 2.31. The van der Waals surface area contributed by atoms with E-state index >= 15 is 0 Å². The highest BCUT2D eigenvalue weighted by Crippen LogP contribution is 2.29. The molecule has 6 heteroatoms. The summed E-state index contributed by atoms with van der Waals surface area (Å²) in [5, 5.41) is 2.75. The van der Waals surface area contributed by atoms with Crippen LogP contribution in [0.25, 0.3) is 32.9 Å². The molecular weight excluding hydrogens is 394 g/mol. The molecule has 0 amide bonds. The van der Waals surface area contributed by atoms with Gasteiger partial charge in [0.1, 0.15) is 5.75 Å². The number of aromatic nitrogens is 1. The Kier molecular flexibility index (Phi) is 4.75. The Morgan fingerprint density at radius 2 is 1.84 bits per heavy atom. The maximum atomic E-state index is 13.0. The molecule has 0 aliphatic carbocycles. The van der Waals surface area contributed by atoms with E-state index in [1.54, 1.807) is 13.2 Å². The Hall–Kier alpha value is -3.93. The number of esters is 2. The SMILES string of the molecule is COc1ccc2cc(-c3cc(C(=O)O[C@@H]4CCOC4=O)c4ccccc4n3)ccc2c1. The number of nitrogens with zero attached hydrogens (tertiary/aromatic N) is 1. The number of methoxy groups -OCH3 is 1. The summed E-state index contributed by atoms with van der Waals surface area (Å²) in [6.07, 6.45) is -0.493. The fraction of sp³-hybridized carbons (Fsp3) is 0.160. The first-order valence-corrected chi connectivity index (χ1v) is 9.98. The zero-order valence-electron chi connectivity index (χ0n) is 16.8. The van der Waals surface area contributed by atoms with E-state index in [-0.39, 0.29) is 6.61 Å². The molecule has 3 aromatic carbocycles. The van der Waals surface area contributed by atoms with Crippen LogP contribution in [-0.2, 0) is 14.3 Å². The minimum absolute atomic E-state index is 0.265. The third-order valence-electron chi connectivity index (χ3n) is 5.42. The van der Waals surface area contributed by atoms with Crippen LogP contribution in [-0.4, -0.2) is 36.7 Å². The largest absolute Gasteiger partial charge is 0.497 e. The molecule has 0 radical (unpaired) electrons. The van der Waals surface area contributed by atoms with Crippen LogP contribution in [0.1, 0.15) is 16.8 Å². The molecule has 1 saturated heterocycles. The molecule has 1 fully saturated rings. The van der Waals surface area contributed by atoms with E-state index in [1.807, 2.05) is 60.7 Å². The number of rotatable bonds is 4. The van der Waals surface area contributed by atoms with E-state index in [2.05, 4.69) is 0 Å². The number of carbonyl (C=O) groups excluding carboxylic acids is 2. The van der Waals surface area contributed by atoms with Gasteiger partial charge in [0.15, 0.2) is 0 Å². The zero-order chi connectivity index (χ0) is 21.4. The minimum Gasteiger partial charge on any atom is -0.497 e. The van der Waals surface area contributed by atoms with E-state index in [4.69, 9.17) is 19.2 Å². The Bertz CT molecular complexity index is 1330. The van der Waals surface area contributed by atoms with E-state index in [1.165, 1.54) is 0 Å². The second kappa shape index (κ2) is 7.72. The number of hydrogen-bond acceptors (Lipinski definition) is 6. The minimum atomic E-state index is -0.862. The number of benzene rings is 3. The molecule has 0 saturated carbocycles. The lowest BCUT2D eigenvalue weighted by molar-refractivity contribution is -0.145. The molecule has 1 aliphatic heterocycles. The number of cyclic esters (lactones) is 1. The van der Waals surface area contributed by atoms with E-state index in [0.717, 1.165) is 22.1 Å². The summed E-state index contributed by atoms with van der Waals surface area (Å²) in [5.41, 5.74) is 2.57. The average Bonchev–Trinajstić information content (AvgIpc) is 3.21. The van der Waals surface area contributed by atoms with Crippen LogP contribution in [0.5, 0.6) is 5.75 Å². The van der Waals surface area contributed by atoms with Gasteiger partial charge in [-0.2, -0.15) is 0 Å². The second-order valence-corrected chi connectivity index (χ2v) is 7.35. The molecule has 5 rings (SSSR count). The lowest BCUT2D eigenvalue weighted by Gasteiger charge is -2.12. The van der Waals surface area contributed by atoms with Crippen molar-refractivity contribution in [2.24, 2.45) is 0 Å². The first kappa shape index (κ1) is 19.1. The number of fused-ring (bicyclic) bond motifs is 2. The zero-order valence-corrected chi connectivity index (χ0v) is 16.8. The fourth-order valence-corrected chi connectivity index (χ4v) is 3.78. The standard InChI is InChI=1S/C25H19NO5/c1-29-18-9-8-15-12-17(7-6-16(15)13-18)22-14-20(19-4-2-3-5-21(19)26-22)24(27)31-23-10-11-30-25(23)28/h2-9,12-14,23H,10-11H2,1H3/t23-/m1/s1. The number of ether oxygens (including phenoxy) is 3. The summed E-state index contributed by atoms with van der Waals surface area (Å²) in [6.45, 7) is 0.265. The van der Waals surface area contributed by atoms with Gasteiger partial charge < -0.3 is 14.2 Å². The fourth-order valence-electron chi connectivity index (χ4n) is 3.78. The molecule has 6 nitrogen and oxygen atoms in total. The highest BCUT2D eigenvalue weighted by molar-refractivity contribution is 6.05. The van der Waals surface area contributed by atoms with Gasteiger partial charge in [0.05, 0.1) is 30.5 Å². The molecule has 0 bridgehead atoms. The van der Waals surface area contributed by atoms with Crippen molar-refractivity contribution in [1.82, 2.24) is 4.98 Å². The van der Waals surface area contributed by atoms with Gasteiger partial charge in [-0.3, -0.25) is 0 Å². The maximum Gasteiger partial charge on any atom is 0.347 e. The molecule has 1 atom stereocenters. The summed E-state index contributed by atoms with van der Waals surface area (Å²) in [6, 6.07) is 20.9. The normalized spacial score (nSPS) is 15.8. The lowest BCUT2D eigenvalue weighted by Crippen LogP contribution is -2.23. The van der Waals surface area contributed by atoms with Crippen molar-refractivity contribution in [3.8, 4) is 17.0 Å². The van der Waals surface area contributed by atoms with Crippen molar-refractivity contribution < 1.29 is 23.8 Å². The van der Waals surface area contributed by atoms with Gasteiger partial charge in [-0.15, -0.1) is 0 Å². The third kappa shape index (κ3) is 3.57. The Morgan fingerprint density at radius 1 is 1.03 bits per heavy atom. The predicted octanol–water partition coefficient (Wildman–Crippen LogP) is 4.54. The number of hydrogen-bond donors (Lipinski definition) is 0. The first-order chi connectivity index (χ1) is 15.1.